The van der Waals surface area contributed by atoms with Crippen molar-refractivity contribution < 1.29 is 4.79 Å². The van der Waals surface area contributed by atoms with Gasteiger partial charge in [-0.25, -0.2) is 0 Å². The van der Waals surface area contributed by atoms with Crippen molar-refractivity contribution in [2.75, 3.05) is 19.6 Å². The van der Waals surface area contributed by atoms with Gasteiger partial charge in [-0.2, -0.15) is 0 Å². The number of hydrogen-bond donors (Lipinski definition) is 2. The Labute approximate surface area is 178 Å². The monoisotopic (exact) mass is 429 g/mol. The predicted molar refractivity (Wildman–Crippen MR) is 118 cm³/mol. The van der Waals surface area contributed by atoms with Crippen molar-refractivity contribution in [1.29, 1.82) is 0 Å². The van der Waals surface area contributed by atoms with Crippen LogP contribution in [0.5, 0.6) is 0 Å². The Balaban J connectivity index is 0.00000182. The molecule has 27 heavy (non-hydrogen) atoms. The highest BCUT2D eigenvalue weighted by Gasteiger charge is 2.27. The molecule has 0 bridgehead atoms. The lowest BCUT2D eigenvalue weighted by Gasteiger charge is -2.28. The van der Waals surface area contributed by atoms with Gasteiger partial charge in [0.25, 0.3) is 0 Å². The summed E-state index contributed by atoms with van der Waals surface area (Å²) in [4.78, 5) is 16.4. The summed E-state index contributed by atoms with van der Waals surface area (Å²) in [6.45, 7) is 4.77. The van der Waals surface area contributed by atoms with Crippen molar-refractivity contribution in [3.63, 3.8) is 0 Å². The molecular weight excluding hydrogens is 401 g/mol. The van der Waals surface area contributed by atoms with E-state index >= 15 is 0 Å². The topological polar surface area (TPSA) is 58.4 Å². The average Bonchev–Trinajstić information content (AvgIpc) is 3.35. The first-order chi connectivity index (χ1) is 12.2. The molecule has 1 aromatic heterocycles. The van der Waals surface area contributed by atoms with Crippen LogP contribution in [0.2, 0.25) is 0 Å². The molecule has 150 valence electrons. The van der Waals surface area contributed by atoms with Crippen LogP contribution in [0, 0.1) is 5.92 Å². The number of carbonyl (C=O) groups excluding carboxylic acids is 1. The lowest BCUT2D eigenvalue weighted by molar-refractivity contribution is -0.125. The summed E-state index contributed by atoms with van der Waals surface area (Å²) in [6.07, 6.45) is 2.48. The average molecular weight is 430 g/mol. The fraction of sp³-hybridized carbons (Fsp3) is 0.450. The van der Waals surface area contributed by atoms with Crippen molar-refractivity contribution >= 4 is 42.1 Å². The molecule has 1 saturated heterocycles. The van der Waals surface area contributed by atoms with E-state index in [0.717, 1.165) is 18.7 Å². The van der Waals surface area contributed by atoms with Crippen molar-refractivity contribution in [3.05, 3.63) is 58.3 Å². The van der Waals surface area contributed by atoms with E-state index in [1.54, 1.807) is 11.3 Å². The molecule has 3 atom stereocenters. The van der Waals surface area contributed by atoms with Gasteiger partial charge in [0.2, 0.25) is 5.91 Å². The lowest BCUT2D eigenvalue weighted by Crippen LogP contribution is -2.40. The Morgan fingerprint density at radius 1 is 1.15 bits per heavy atom. The Morgan fingerprint density at radius 3 is 2.41 bits per heavy atom. The molecular formula is C20H29Cl2N3OS. The number of likely N-dealkylation sites (tertiary alicyclic amines) is 1. The van der Waals surface area contributed by atoms with E-state index in [-0.39, 0.29) is 48.7 Å². The maximum absolute atomic E-state index is 12.6. The number of halogens is 2. The van der Waals surface area contributed by atoms with Crippen LogP contribution in [0.25, 0.3) is 0 Å². The molecule has 0 spiro atoms. The molecule has 3 rings (SSSR count). The first-order valence-electron chi connectivity index (χ1n) is 9.02. The first-order valence-corrected chi connectivity index (χ1v) is 9.90. The summed E-state index contributed by atoms with van der Waals surface area (Å²) < 4.78 is 0. The third-order valence-electron chi connectivity index (χ3n) is 5.06. The summed E-state index contributed by atoms with van der Waals surface area (Å²) >= 11 is 1.76. The van der Waals surface area contributed by atoms with Crippen molar-refractivity contribution in [2.45, 2.75) is 31.8 Å². The normalized spacial score (nSPS) is 17.3. The minimum Gasteiger partial charge on any atom is -0.354 e. The number of thiophene rings is 1. The van der Waals surface area contributed by atoms with Gasteiger partial charge in [-0.05, 0) is 42.9 Å². The summed E-state index contributed by atoms with van der Waals surface area (Å²) in [5.74, 6) is -0.234. The van der Waals surface area contributed by atoms with Crippen LogP contribution in [0.1, 0.15) is 42.3 Å². The van der Waals surface area contributed by atoms with Gasteiger partial charge in [0, 0.05) is 17.5 Å². The number of amides is 1. The van der Waals surface area contributed by atoms with E-state index in [0.29, 0.717) is 6.54 Å². The van der Waals surface area contributed by atoms with Gasteiger partial charge in [-0.15, -0.1) is 36.2 Å². The molecule has 1 aliphatic rings. The third kappa shape index (κ3) is 6.19. The fourth-order valence-electron chi connectivity index (χ4n) is 3.43. The molecule has 2 aromatic rings. The van der Waals surface area contributed by atoms with E-state index in [1.807, 2.05) is 37.3 Å². The largest absolute Gasteiger partial charge is 0.354 e. The van der Waals surface area contributed by atoms with Crippen LogP contribution in [0.3, 0.4) is 0 Å². The second kappa shape index (κ2) is 11.7. The molecule has 4 nitrogen and oxygen atoms in total. The van der Waals surface area contributed by atoms with Crippen LogP contribution in [0.15, 0.2) is 47.8 Å². The number of rotatable bonds is 7. The lowest BCUT2D eigenvalue weighted by atomic mass is 9.94. The molecule has 3 N–H and O–H groups in total. The number of benzene rings is 1. The molecule has 1 fully saturated rings. The van der Waals surface area contributed by atoms with E-state index in [2.05, 4.69) is 27.7 Å². The quantitative estimate of drug-likeness (QED) is 0.693. The maximum atomic E-state index is 12.6. The fourth-order valence-corrected chi connectivity index (χ4v) is 4.29. The summed E-state index contributed by atoms with van der Waals surface area (Å²) in [5.41, 5.74) is 7.29. The zero-order chi connectivity index (χ0) is 17.6. The number of nitrogens with two attached hydrogens (primary N) is 1. The van der Waals surface area contributed by atoms with Crippen LogP contribution in [-0.4, -0.2) is 30.4 Å². The zero-order valence-corrected chi connectivity index (χ0v) is 18.0. The molecule has 1 aliphatic heterocycles. The van der Waals surface area contributed by atoms with Gasteiger partial charge in [0.05, 0.1) is 12.0 Å². The summed E-state index contributed by atoms with van der Waals surface area (Å²) in [5, 5.41) is 5.25. The Hall–Kier alpha value is -1.11. The Kier molecular flexibility index (Phi) is 10.3. The van der Waals surface area contributed by atoms with Crippen molar-refractivity contribution in [1.82, 2.24) is 10.2 Å². The van der Waals surface area contributed by atoms with Gasteiger partial charge in [0.1, 0.15) is 0 Å². The molecule has 0 aliphatic carbocycles. The minimum atomic E-state index is -0.284. The van der Waals surface area contributed by atoms with Gasteiger partial charge >= 0.3 is 0 Å². The van der Waals surface area contributed by atoms with Gasteiger partial charge in [0.15, 0.2) is 0 Å². The molecule has 3 unspecified atom stereocenters. The zero-order valence-electron chi connectivity index (χ0n) is 15.5. The minimum absolute atomic E-state index is 0. The van der Waals surface area contributed by atoms with Crippen molar-refractivity contribution in [2.24, 2.45) is 11.7 Å². The number of nitrogens with zero attached hydrogens (tertiary/aromatic N) is 1. The molecule has 0 saturated carbocycles. The van der Waals surface area contributed by atoms with E-state index in [9.17, 15) is 4.79 Å². The van der Waals surface area contributed by atoms with Gasteiger partial charge < -0.3 is 11.1 Å². The van der Waals surface area contributed by atoms with Crippen LogP contribution in [0.4, 0.5) is 0 Å². The predicted octanol–water partition coefficient (Wildman–Crippen LogP) is 4.18. The maximum Gasteiger partial charge on any atom is 0.224 e. The summed E-state index contributed by atoms with van der Waals surface area (Å²) in [7, 11) is 0. The molecule has 7 heteroatoms. The molecule has 1 aromatic carbocycles. The third-order valence-corrected chi connectivity index (χ3v) is 6.03. The van der Waals surface area contributed by atoms with Crippen LogP contribution >= 0.6 is 36.2 Å². The highest BCUT2D eigenvalue weighted by molar-refractivity contribution is 7.10. The smallest absolute Gasteiger partial charge is 0.224 e. The van der Waals surface area contributed by atoms with Crippen molar-refractivity contribution in [3.8, 4) is 0 Å². The molecule has 1 amide bonds. The Morgan fingerprint density at radius 2 is 1.81 bits per heavy atom. The van der Waals surface area contributed by atoms with Gasteiger partial charge in [-0.3, -0.25) is 9.69 Å². The standard InChI is InChI=1S/C20H27N3OS.2ClH/c1-15(19(21)16-8-3-2-4-9-16)20(24)22-14-17(18-10-7-13-25-18)23-11-5-6-12-23;;/h2-4,7-10,13,15,17,19H,5-6,11-12,14,21H2,1H3,(H,22,24);2*1H. The van der Waals surface area contributed by atoms with Crippen LogP contribution in [-0.2, 0) is 4.79 Å². The molecule has 0 radical (unpaired) electrons. The van der Waals surface area contributed by atoms with Gasteiger partial charge in [-0.1, -0.05) is 43.3 Å². The second-order valence-electron chi connectivity index (χ2n) is 6.74. The van der Waals surface area contributed by atoms with E-state index < -0.39 is 0 Å². The number of carbonyl (C=O) groups is 1. The highest BCUT2D eigenvalue weighted by atomic mass is 35.5. The van der Waals surface area contributed by atoms with E-state index in [1.165, 1.54) is 17.7 Å². The number of nitrogens with one attached hydrogen (secondary N) is 1. The van der Waals surface area contributed by atoms with Crippen LogP contribution < -0.4 is 11.1 Å². The number of hydrogen-bond acceptors (Lipinski definition) is 4. The second-order valence-corrected chi connectivity index (χ2v) is 7.72. The molecule has 2 heterocycles. The SMILES string of the molecule is CC(C(=O)NCC(c1cccs1)N1CCCC1)C(N)c1ccccc1.Cl.Cl. The summed E-state index contributed by atoms with van der Waals surface area (Å²) in [6, 6.07) is 14.1. The van der Waals surface area contributed by atoms with E-state index in [4.69, 9.17) is 5.73 Å². The first kappa shape index (κ1) is 23.9. The highest BCUT2D eigenvalue weighted by Crippen LogP contribution is 2.28. The Bertz CT molecular complexity index is 663.